The second-order valence-corrected chi connectivity index (χ2v) is 8.20. The number of carbonyl (C=O) groups excluding carboxylic acids is 3. The topological polar surface area (TPSA) is 99.8 Å². The molecule has 0 bridgehead atoms. The summed E-state index contributed by atoms with van der Waals surface area (Å²) in [5.74, 6) is -0.238. The monoisotopic (exact) mass is 440 g/mol. The average molecular weight is 441 g/mol. The van der Waals surface area contributed by atoms with Crippen LogP contribution in [0.3, 0.4) is 0 Å². The third kappa shape index (κ3) is 8.67. The van der Waals surface area contributed by atoms with Crippen molar-refractivity contribution in [3.63, 3.8) is 0 Å². The third-order valence-corrected chi connectivity index (χ3v) is 4.36. The predicted molar refractivity (Wildman–Crippen MR) is 125 cm³/mol. The number of hydrogen-bond donors (Lipinski definition) is 3. The molecule has 3 N–H and O–H groups in total. The van der Waals surface area contributed by atoms with Gasteiger partial charge < -0.3 is 25.6 Å². The first-order chi connectivity index (χ1) is 15.2. The van der Waals surface area contributed by atoms with Gasteiger partial charge in [0.1, 0.15) is 5.60 Å². The highest BCUT2D eigenvalue weighted by Gasteiger charge is 2.22. The molecule has 4 amide bonds. The zero-order chi connectivity index (χ0) is 23.6. The van der Waals surface area contributed by atoms with Gasteiger partial charge in [-0.2, -0.15) is 0 Å². The van der Waals surface area contributed by atoms with Crippen molar-refractivity contribution in [1.29, 1.82) is 0 Å². The maximum Gasteiger partial charge on any atom is 0.410 e. The fourth-order valence-electron chi connectivity index (χ4n) is 2.82. The predicted octanol–water partition coefficient (Wildman–Crippen LogP) is 4.59. The van der Waals surface area contributed by atoms with E-state index in [1.165, 1.54) is 0 Å². The number of urea groups is 1. The first kappa shape index (κ1) is 24.7. The van der Waals surface area contributed by atoms with Crippen molar-refractivity contribution in [2.45, 2.75) is 46.3 Å². The van der Waals surface area contributed by atoms with Crippen molar-refractivity contribution in [3.05, 3.63) is 60.2 Å². The van der Waals surface area contributed by atoms with E-state index < -0.39 is 11.7 Å². The molecule has 8 nitrogen and oxygen atoms in total. The molecule has 0 aliphatic carbocycles. The van der Waals surface area contributed by atoms with Gasteiger partial charge in [-0.25, -0.2) is 9.59 Å². The lowest BCUT2D eigenvalue weighted by Crippen LogP contribution is -2.36. The number of nitrogens with one attached hydrogen (secondary N) is 3. The van der Waals surface area contributed by atoms with E-state index in [1.54, 1.807) is 23.1 Å². The maximum absolute atomic E-state index is 12.4. The molecule has 2 aromatic carbocycles. The van der Waals surface area contributed by atoms with Crippen LogP contribution in [0, 0.1) is 0 Å². The molecule has 8 heteroatoms. The van der Waals surface area contributed by atoms with Gasteiger partial charge in [0.05, 0.1) is 6.54 Å². The van der Waals surface area contributed by atoms with E-state index in [0.29, 0.717) is 24.5 Å². The highest BCUT2D eigenvalue weighted by molar-refractivity contribution is 5.93. The van der Waals surface area contributed by atoms with Crippen LogP contribution in [-0.4, -0.2) is 41.6 Å². The molecule has 0 fully saturated rings. The van der Waals surface area contributed by atoms with Gasteiger partial charge in [-0.15, -0.1) is 0 Å². The summed E-state index contributed by atoms with van der Waals surface area (Å²) >= 11 is 0. The summed E-state index contributed by atoms with van der Waals surface area (Å²) in [5, 5.41) is 8.22. The Hall–Kier alpha value is -3.55. The molecule has 0 unspecified atom stereocenters. The zero-order valence-corrected chi connectivity index (χ0v) is 19.1. The lowest BCUT2D eigenvalue weighted by atomic mass is 10.1. The normalized spacial score (nSPS) is 10.8. The highest BCUT2D eigenvalue weighted by atomic mass is 16.6. The molecule has 32 heavy (non-hydrogen) atoms. The summed E-state index contributed by atoms with van der Waals surface area (Å²) in [6.45, 7) is 8.29. The smallest absolute Gasteiger partial charge is 0.410 e. The van der Waals surface area contributed by atoms with Gasteiger partial charge in [0, 0.05) is 30.9 Å². The first-order valence-corrected chi connectivity index (χ1v) is 10.6. The summed E-state index contributed by atoms with van der Waals surface area (Å²) in [6.07, 6.45) is -0.296. The van der Waals surface area contributed by atoms with E-state index in [9.17, 15) is 14.4 Å². The van der Waals surface area contributed by atoms with E-state index in [1.807, 2.05) is 64.1 Å². The first-order valence-electron chi connectivity index (χ1n) is 10.6. The molecule has 0 radical (unpaired) electrons. The van der Waals surface area contributed by atoms with E-state index >= 15 is 0 Å². The van der Waals surface area contributed by atoms with Crippen LogP contribution in [-0.2, 0) is 16.1 Å². The molecular formula is C24H32N4O4. The average Bonchev–Trinajstić information content (AvgIpc) is 2.72. The molecule has 0 spiro atoms. The van der Waals surface area contributed by atoms with E-state index in [0.717, 1.165) is 5.56 Å². The summed E-state index contributed by atoms with van der Waals surface area (Å²) in [6, 6.07) is 16.0. The summed E-state index contributed by atoms with van der Waals surface area (Å²) in [5.41, 5.74) is 1.50. The van der Waals surface area contributed by atoms with E-state index in [2.05, 4.69) is 16.0 Å². The van der Waals surface area contributed by atoms with Gasteiger partial charge in [-0.05, 0) is 51.5 Å². The standard InChI is InChI=1S/C24H32N4O4/c1-5-28(23(31)32-24(2,3)4)17-18-11-9-10-14-20(18)27-21(29)15-16-25-22(30)26-19-12-7-6-8-13-19/h6-14H,5,15-17H2,1-4H3,(H,27,29)(H2,25,26,30). The molecule has 0 aliphatic heterocycles. The van der Waals surface area contributed by atoms with Crippen molar-refractivity contribution in [2.75, 3.05) is 23.7 Å². The Morgan fingerprint density at radius 3 is 2.25 bits per heavy atom. The van der Waals surface area contributed by atoms with Crippen LogP contribution >= 0.6 is 0 Å². The molecule has 172 valence electrons. The number of benzene rings is 2. The Bertz CT molecular complexity index is 910. The van der Waals surface area contributed by atoms with Crippen LogP contribution in [0.4, 0.5) is 21.0 Å². The largest absolute Gasteiger partial charge is 0.444 e. The number of nitrogens with zero attached hydrogens (tertiary/aromatic N) is 1. The Labute approximate surface area is 189 Å². The summed E-state index contributed by atoms with van der Waals surface area (Å²) in [4.78, 5) is 38.3. The molecule has 0 saturated heterocycles. The molecule has 2 aromatic rings. The molecule has 0 aliphatic rings. The number of ether oxygens (including phenoxy) is 1. The minimum Gasteiger partial charge on any atom is -0.444 e. The van der Waals surface area contributed by atoms with Crippen LogP contribution in [0.25, 0.3) is 0 Å². The Morgan fingerprint density at radius 1 is 0.938 bits per heavy atom. The van der Waals surface area contributed by atoms with Crippen LogP contribution in [0.5, 0.6) is 0 Å². The van der Waals surface area contributed by atoms with Gasteiger partial charge >= 0.3 is 12.1 Å². The zero-order valence-electron chi connectivity index (χ0n) is 19.1. The van der Waals surface area contributed by atoms with Crippen LogP contribution in [0.2, 0.25) is 0 Å². The SMILES string of the molecule is CCN(Cc1ccccc1NC(=O)CCNC(=O)Nc1ccccc1)C(=O)OC(C)(C)C. The van der Waals surface area contributed by atoms with E-state index in [-0.39, 0.29) is 24.9 Å². The van der Waals surface area contributed by atoms with Crippen LogP contribution in [0.15, 0.2) is 54.6 Å². The van der Waals surface area contributed by atoms with Crippen molar-refractivity contribution >= 4 is 29.4 Å². The number of amides is 4. The third-order valence-electron chi connectivity index (χ3n) is 4.36. The Balaban J connectivity index is 1.88. The molecule has 2 rings (SSSR count). The number of anilines is 2. The summed E-state index contributed by atoms with van der Waals surface area (Å²) in [7, 11) is 0. The second kappa shape index (κ2) is 11.7. The fourth-order valence-corrected chi connectivity index (χ4v) is 2.82. The van der Waals surface area contributed by atoms with Crippen LogP contribution in [0.1, 0.15) is 39.7 Å². The fraction of sp³-hybridized carbons (Fsp3) is 0.375. The molecule has 0 aromatic heterocycles. The number of carbonyl (C=O) groups is 3. The number of hydrogen-bond acceptors (Lipinski definition) is 4. The van der Waals surface area contributed by atoms with Gasteiger partial charge in [0.2, 0.25) is 5.91 Å². The lowest BCUT2D eigenvalue weighted by molar-refractivity contribution is -0.116. The molecular weight excluding hydrogens is 408 g/mol. The Morgan fingerprint density at radius 2 is 1.59 bits per heavy atom. The Kier molecular flexibility index (Phi) is 9.07. The molecule has 0 saturated carbocycles. The highest BCUT2D eigenvalue weighted by Crippen LogP contribution is 2.19. The number of para-hydroxylation sites is 2. The second-order valence-electron chi connectivity index (χ2n) is 8.20. The van der Waals surface area contributed by atoms with Crippen molar-refractivity contribution in [2.24, 2.45) is 0 Å². The molecule has 0 heterocycles. The summed E-state index contributed by atoms with van der Waals surface area (Å²) < 4.78 is 5.46. The maximum atomic E-state index is 12.4. The van der Waals surface area contributed by atoms with Crippen molar-refractivity contribution in [1.82, 2.24) is 10.2 Å². The van der Waals surface area contributed by atoms with Crippen molar-refractivity contribution < 1.29 is 19.1 Å². The van der Waals surface area contributed by atoms with E-state index in [4.69, 9.17) is 4.74 Å². The van der Waals surface area contributed by atoms with Gasteiger partial charge in [0.25, 0.3) is 0 Å². The van der Waals surface area contributed by atoms with Gasteiger partial charge in [0.15, 0.2) is 0 Å². The van der Waals surface area contributed by atoms with Gasteiger partial charge in [-0.1, -0.05) is 36.4 Å². The lowest BCUT2D eigenvalue weighted by Gasteiger charge is -2.27. The van der Waals surface area contributed by atoms with Crippen LogP contribution < -0.4 is 16.0 Å². The molecule has 0 atom stereocenters. The number of rotatable bonds is 8. The quantitative estimate of drug-likeness (QED) is 0.559. The minimum atomic E-state index is -0.585. The van der Waals surface area contributed by atoms with Gasteiger partial charge in [-0.3, -0.25) is 4.79 Å². The van der Waals surface area contributed by atoms with Crippen molar-refractivity contribution in [3.8, 4) is 0 Å². The minimum absolute atomic E-state index is 0.111.